The van der Waals surface area contributed by atoms with Crippen LogP contribution in [0.3, 0.4) is 0 Å². The zero-order chi connectivity index (χ0) is 14.3. The van der Waals surface area contributed by atoms with Gasteiger partial charge in [0.05, 0.1) is 11.5 Å². The Morgan fingerprint density at radius 1 is 1.35 bits per heavy atom. The smallest absolute Gasteiger partial charge is 0.152 e. The van der Waals surface area contributed by atoms with E-state index in [0.717, 1.165) is 0 Å². The van der Waals surface area contributed by atoms with Crippen LogP contribution in [0.2, 0.25) is 0 Å². The molecular formula is C13H14FN3O2S. The van der Waals surface area contributed by atoms with Crippen molar-refractivity contribution in [2.24, 2.45) is 0 Å². The summed E-state index contributed by atoms with van der Waals surface area (Å²) in [4.78, 5) is 9.96. The first-order valence-electron chi connectivity index (χ1n) is 6.30. The van der Waals surface area contributed by atoms with Crippen molar-refractivity contribution in [2.75, 3.05) is 23.5 Å². The standard InChI is InChI=1S/C13H14FN3O2S/c1-17(9-5-6-20(18,19)7-9)13-10-3-2-4-11(14)12(10)15-8-16-13/h2-4,8-9H,5-7H2,1H3. The Kier molecular flexibility index (Phi) is 3.08. The number of fused-ring (bicyclic) bond motifs is 1. The fourth-order valence-corrected chi connectivity index (χ4v) is 4.35. The highest BCUT2D eigenvalue weighted by Crippen LogP contribution is 2.27. The molecule has 0 aliphatic carbocycles. The summed E-state index contributed by atoms with van der Waals surface area (Å²) in [6.07, 6.45) is 1.88. The van der Waals surface area contributed by atoms with E-state index in [0.29, 0.717) is 17.6 Å². The third-order valence-corrected chi connectivity index (χ3v) is 5.44. The van der Waals surface area contributed by atoms with Gasteiger partial charge in [0.2, 0.25) is 0 Å². The van der Waals surface area contributed by atoms with Crippen LogP contribution in [-0.2, 0) is 9.84 Å². The van der Waals surface area contributed by atoms with E-state index in [1.54, 1.807) is 19.2 Å². The Hall–Kier alpha value is -1.76. The van der Waals surface area contributed by atoms with Gasteiger partial charge in [-0.2, -0.15) is 0 Å². The molecule has 1 saturated heterocycles. The number of rotatable bonds is 2. The summed E-state index contributed by atoms with van der Waals surface area (Å²) >= 11 is 0. The fraction of sp³-hybridized carbons (Fsp3) is 0.385. The molecule has 5 nitrogen and oxygen atoms in total. The first-order chi connectivity index (χ1) is 9.48. The monoisotopic (exact) mass is 295 g/mol. The van der Waals surface area contributed by atoms with Gasteiger partial charge in [0.15, 0.2) is 9.84 Å². The van der Waals surface area contributed by atoms with Crippen molar-refractivity contribution in [3.05, 3.63) is 30.3 Å². The normalized spacial score (nSPS) is 21.2. The molecule has 3 rings (SSSR count). The molecule has 2 heterocycles. The van der Waals surface area contributed by atoms with Gasteiger partial charge in [-0.3, -0.25) is 0 Å². The van der Waals surface area contributed by atoms with Crippen molar-refractivity contribution in [3.63, 3.8) is 0 Å². The molecule has 1 aromatic heterocycles. The highest BCUT2D eigenvalue weighted by atomic mass is 32.2. The molecule has 1 fully saturated rings. The van der Waals surface area contributed by atoms with E-state index in [9.17, 15) is 12.8 Å². The minimum Gasteiger partial charge on any atom is -0.355 e. The van der Waals surface area contributed by atoms with Crippen LogP contribution in [0, 0.1) is 5.82 Å². The van der Waals surface area contributed by atoms with Crippen LogP contribution in [0.15, 0.2) is 24.5 Å². The molecule has 0 spiro atoms. The molecule has 0 radical (unpaired) electrons. The summed E-state index contributed by atoms with van der Waals surface area (Å²) in [5, 5.41) is 0.597. The van der Waals surface area contributed by atoms with Gasteiger partial charge in [-0.05, 0) is 18.6 Å². The van der Waals surface area contributed by atoms with Crippen LogP contribution in [0.1, 0.15) is 6.42 Å². The molecule has 20 heavy (non-hydrogen) atoms. The van der Waals surface area contributed by atoms with Gasteiger partial charge in [-0.15, -0.1) is 0 Å². The van der Waals surface area contributed by atoms with Crippen LogP contribution in [0.25, 0.3) is 10.9 Å². The number of hydrogen-bond acceptors (Lipinski definition) is 5. The maximum absolute atomic E-state index is 13.7. The summed E-state index contributed by atoms with van der Waals surface area (Å²) in [5.41, 5.74) is 0.255. The van der Waals surface area contributed by atoms with Gasteiger partial charge in [0.25, 0.3) is 0 Å². The molecule has 106 valence electrons. The Morgan fingerprint density at radius 3 is 2.85 bits per heavy atom. The van der Waals surface area contributed by atoms with Crippen LogP contribution in [0.5, 0.6) is 0 Å². The van der Waals surface area contributed by atoms with Crippen molar-refractivity contribution < 1.29 is 12.8 Å². The molecule has 0 N–H and O–H groups in total. The molecule has 0 saturated carbocycles. The summed E-state index contributed by atoms with van der Waals surface area (Å²) in [6.45, 7) is 0. The lowest BCUT2D eigenvalue weighted by atomic mass is 10.2. The number of nitrogens with zero attached hydrogens (tertiary/aromatic N) is 3. The molecule has 1 unspecified atom stereocenters. The van der Waals surface area contributed by atoms with Crippen molar-refractivity contribution >= 4 is 26.6 Å². The van der Waals surface area contributed by atoms with Gasteiger partial charge in [0, 0.05) is 18.5 Å². The van der Waals surface area contributed by atoms with E-state index in [-0.39, 0.29) is 23.1 Å². The lowest BCUT2D eigenvalue weighted by Gasteiger charge is -2.25. The molecule has 2 aromatic rings. The largest absolute Gasteiger partial charge is 0.355 e. The number of hydrogen-bond donors (Lipinski definition) is 0. The quantitative estimate of drug-likeness (QED) is 0.838. The van der Waals surface area contributed by atoms with E-state index >= 15 is 0 Å². The van der Waals surface area contributed by atoms with E-state index in [2.05, 4.69) is 9.97 Å². The van der Waals surface area contributed by atoms with E-state index in [1.807, 2.05) is 4.90 Å². The van der Waals surface area contributed by atoms with Crippen LogP contribution < -0.4 is 4.90 Å². The maximum Gasteiger partial charge on any atom is 0.152 e. The van der Waals surface area contributed by atoms with Gasteiger partial charge < -0.3 is 4.90 Å². The number of para-hydroxylation sites is 1. The molecule has 1 aliphatic heterocycles. The molecule has 7 heteroatoms. The van der Waals surface area contributed by atoms with Crippen molar-refractivity contribution in [1.82, 2.24) is 9.97 Å². The van der Waals surface area contributed by atoms with Gasteiger partial charge in [-0.25, -0.2) is 22.8 Å². The highest BCUT2D eigenvalue weighted by Gasteiger charge is 2.31. The summed E-state index contributed by atoms with van der Waals surface area (Å²) < 4.78 is 36.9. The van der Waals surface area contributed by atoms with E-state index in [4.69, 9.17) is 0 Å². The Morgan fingerprint density at radius 2 is 2.15 bits per heavy atom. The summed E-state index contributed by atoms with van der Waals surface area (Å²) in [7, 11) is -1.18. The van der Waals surface area contributed by atoms with Crippen LogP contribution in [0.4, 0.5) is 10.2 Å². The maximum atomic E-state index is 13.7. The molecular weight excluding hydrogens is 281 g/mol. The van der Waals surface area contributed by atoms with Crippen LogP contribution >= 0.6 is 0 Å². The zero-order valence-corrected chi connectivity index (χ0v) is 11.8. The zero-order valence-electron chi connectivity index (χ0n) is 11.0. The average molecular weight is 295 g/mol. The SMILES string of the molecule is CN(c1ncnc2c(F)cccc12)C1CCS(=O)(=O)C1. The van der Waals surface area contributed by atoms with Gasteiger partial charge in [-0.1, -0.05) is 6.07 Å². The van der Waals surface area contributed by atoms with Crippen molar-refractivity contribution in [2.45, 2.75) is 12.5 Å². The van der Waals surface area contributed by atoms with Crippen molar-refractivity contribution in [3.8, 4) is 0 Å². The van der Waals surface area contributed by atoms with Gasteiger partial charge in [0.1, 0.15) is 23.5 Å². The third-order valence-electron chi connectivity index (χ3n) is 3.68. The average Bonchev–Trinajstić information content (AvgIpc) is 2.78. The molecule has 0 bridgehead atoms. The molecule has 1 atom stereocenters. The first-order valence-corrected chi connectivity index (χ1v) is 8.12. The summed E-state index contributed by atoms with van der Waals surface area (Å²) in [5.74, 6) is 0.471. The Balaban J connectivity index is 2.04. The predicted molar refractivity (Wildman–Crippen MR) is 75.0 cm³/mol. The minimum atomic E-state index is -2.97. The first kappa shape index (κ1) is 13.2. The van der Waals surface area contributed by atoms with E-state index in [1.165, 1.54) is 12.4 Å². The second kappa shape index (κ2) is 4.66. The van der Waals surface area contributed by atoms with Crippen molar-refractivity contribution in [1.29, 1.82) is 0 Å². The molecule has 1 aliphatic rings. The number of aromatic nitrogens is 2. The topological polar surface area (TPSA) is 63.2 Å². The second-order valence-electron chi connectivity index (χ2n) is 5.00. The molecule has 1 aromatic carbocycles. The fourth-order valence-electron chi connectivity index (χ4n) is 2.57. The number of anilines is 1. The number of benzene rings is 1. The van der Waals surface area contributed by atoms with Crippen LogP contribution in [-0.4, -0.2) is 43.0 Å². The summed E-state index contributed by atoms with van der Waals surface area (Å²) in [6, 6.07) is 4.57. The lowest BCUT2D eigenvalue weighted by molar-refractivity contribution is 0.600. The molecule has 0 amide bonds. The predicted octanol–water partition coefficient (Wildman–Crippen LogP) is 1.39. The Labute approximate surface area is 116 Å². The van der Waals surface area contributed by atoms with E-state index < -0.39 is 15.7 Å². The number of sulfone groups is 1. The number of halogens is 1. The van der Waals surface area contributed by atoms with Gasteiger partial charge >= 0.3 is 0 Å². The third kappa shape index (κ3) is 2.22. The lowest BCUT2D eigenvalue weighted by Crippen LogP contribution is -2.33. The Bertz CT molecular complexity index is 763. The second-order valence-corrected chi connectivity index (χ2v) is 7.23. The highest BCUT2D eigenvalue weighted by molar-refractivity contribution is 7.91. The minimum absolute atomic E-state index is 0.115.